The SMILES string of the molecule is Cc1cc2occ(CC(=O)O[C@@H](C)C(=O)Nc3ccc(C(N)=O)cc3)c2cc1C. The summed E-state index contributed by atoms with van der Waals surface area (Å²) in [6.07, 6.45) is 0.552. The van der Waals surface area contributed by atoms with E-state index in [9.17, 15) is 14.4 Å². The van der Waals surface area contributed by atoms with Gasteiger partial charge < -0.3 is 20.2 Å². The van der Waals surface area contributed by atoms with Crippen LogP contribution in [0.1, 0.15) is 34.0 Å². The molecule has 3 aromatic rings. The number of furan rings is 1. The predicted octanol–water partition coefficient (Wildman–Crippen LogP) is 3.26. The first-order valence-electron chi connectivity index (χ1n) is 9.12. The van der Waals surface area contributed by atoms with Gasteiger partial charge >= 0.3 is 5.97 Å². The number of esters is 1. The maximum Gasteiger partial charge on any atom is 0.311 e. The highest BCUT2D eigenvalue weighted by atomic mass is 16.5. The molecular weight excluding hydrogens is 372 g/mol. The number of carbonyl (C=O) groups excluding carboxylic acids is 3. The summed E-state index contributed by atoms with van der Waals surface area (Å²) in [5, 5.41) is 3.49. The Kier molecular flexibility index (Phi) is 5.68. The molecule has 1 aromatic heterocycles. The van der Waals surface area contributed by atoms with Crippen LogP contribution in [0.25, 0.3) is 11.0 Å². The number of anilines is 1. The molecule has 7 heteroatoms. The van der Waals surface area contributed by atoms with Crippen LogP contribution in [0.4, 0.5) is 5.69 Å². The van der Waals surface area contributed by atoms with Crippen molar-refractivity contribution in [3.8, 4) is 0 Å². The van der Waals surface area contributed by atoms with E-state index in [1.165, 1.54) is 25.3 Å². The third-order valence-electron chi connectivity index (χ3n) is 4.72. The highest BCUT2D eigenvalue weighted by Crippen LogP contribution is 2.25. The standard InChI is InChI=1S/C22H22N2O5/c1-12-8-18-16(11-28-19(18)9-13(12)2)10-20(25)29-14(3)22(27)24-17-6-4-15(5-7-17)21(23)26/h4-9,11,14H,10H2,1-3H3,(H2,23,26)(H,24,27)/t14-/m0/s1. The van der Waals surface area contributed by atoms with Crippen molar-refractivity contribution < 1.29 is 23.5 Å². The van der Waals surface area contributed by atoms with Gasteiger partial charge in [0.25, 0.3) is 5.91 Å². The summed E-state index contributed by atoms with van der Waals surface area (Å²) in [6, 6.07) is 10.0. The summed E-state index contributed by atoms with van der Waals surface area (Å²) in [5.41, 5.74) is 9.61. The van der Waals surface area contributed by atoms with Crippen molar-refractivity contribution in [3.63, 3.8) is 0 Å². The summed E-state index contributed by atoms with van der Waals surface area (Å²) in [4.78, 5) is 35.6. The van der Waals surface area contributed by atoms with Gasteiger partial charge in [-0.1, -0.05) is 0 Å². The van der Waals surface area contributed by atoms with Crippen molar-refractivity contribution in [2.45, 2.75) is 33.3 Å². The van der Waals surface area contributed by atoms with Crippen molar-refractivity contribution in [1.29, 1.82) is 0 Å². The number of fused-ring (bicyclic) bond motifs is 1. The number of amides is 2. The Balaban J connectivity index is 1.60. The van der Waals surface area contributed by atoms with Crippen LogP contribution in [0.2, 0.25) is 0 Å². The fourth-order valence-electron chi connectivity index (χ4n) is 2.88. The lowest BCUT2D eigenvalue weighted by Gasteiger charge is -2.13. The van der Waals surface area contributed by atoms with Crippen LogP contribution in [-0.4, -0.2) is 23.9 Å². The van der Waals surface area contributed by atoms with Crippen LogP contribution in [0.15, 0.2) is 47.1 Å². The molecule has 0 radical (unpaired) electrons. The molecule has 0 aliphatic heterocycles. The fourth-order valence-corrected chi connectivity index (χ4v) is 2.88. The summed E-state index contributed by atoms with van der Waals surface area (Å²) in [6.45, 7) is 5.48. The lowest BCUT2D eigenvalue weighted by molar-refractivity contribution is -0.152. The van der Waals surface area contributed by atoms with Gasteiger partial charge in [-0.3, -0.25) is 14.4 Å². The largest absolute Gasteiger partial charge is 0.464 e. The predicted molar refractivity (Wildman–Crippen MR) is 109 cm³/mol. The maximum absolute atomic E-state index is 12.3. The van der Waals surface area contributed by atoms with E-state index in [-0.39, 0.29) is 6.42 Å². The first-order valence-corrected chi connectivity index (χ1v) is 9.12. The molecule has 3 rings (SSSR count). The van der Waals surface area contributed by atoms with E-state index in [2.05, 4.69) is 5.32 Å². The Morgan fingerprint density at radius 1 is 1.10 bits per heavy atom. The summed E-state index contributed by atoms with van der Waals surface area (Å²) in [7, 11) is 0. The van der Waals surface area contributed by atoms with Gasteiger partial charge in [0.15, 0.2) is 6.10 Å². The molecule has 0 aliphatic carbocycles. The minimum atomic E-state index is -0.986. The fraction of sp³-hybridized carbons (Fsp3) is 0.227. The molecule has 3 N–H and O–H groups in total. The van der Waals surface area contributed by atoms with Gasteiger partial charge in [0.1, 0.15) is 5.58 Å². The van der Waals surface area contributed by atoms with Gasteiger partial charge in [0, 0.05) is 22.2 Å². The molecule has 2 amide bonds. The van der Waals surface area contributed by atoms with Gasteiger partial charge in [0.05, 0.1) is 12.7 Å². The van der Waals surface area contributed by atoms with E-state index in [1.54, 1.807) is 12.1 Å². The zero-order valence-corrected chi connectivity index (χ0v) is 16.4. The molecule has 0 unspecified atom stereocenters. The van der Waals surface area contributed by atoms with E-state index in [4.69, 9.17) is 14.9 Å². The van der Waals surface area contributed by atoms with Gasteiger partial charge in [-0.25, -0.2) is 0 Å². The number of aryl methyl sites for hydroxylation is 2. The average Bonchev–Trinajstić information content (AvgIpc) is 3.03. The van der Waals surface area contributed by atoms with E-state index in [1.807, 2.05) is 26.0 Å². The number of carbonyl (C=O) groups is 3. The lowest BCUT2D eigenvalue weighted by atomic mass is 10.0. The Morgan fingerprint density at radius 2 is 1.76 bits per heavy atom. The molecule has 7 nitrogen and oxygen atoms in total. The van der Waals surface area contributed by atoms with E-state index in [0.717, 1.165) is 16.5 Å². The number of nitrogens with one attached hydrogen (secondary N) is 1. The first kappa shape index (κ1) is 20.1. The number of rotatable bonds is 6. The minimum absolute atomic E-state index is 0.000426. The number of ether oxygens (including phenoxy) is 1. The van der Waals surface area contributed by atoms with Crippen LogP contribution in [0, 0.1) is 13.8 Å². The molecule has 29 heavy (non-hydrogen) atoms. The monoisotopic (exact) mass is 394 g/mol. The Labute approximate surface area is 167 Å². The second-order valence-corrected chi connectivity index (χ2v) is 6.93. The number of hydrogen-bond donors (Lipinski definition) is 2. The smallest absolute Gasteiger partial charge is 0.311 e. The van der Waals surface area contributed by atoms with Crippen molar-refractivity contribution in [1.82, 2.24) is 0 Å². The maximum atomic E-state index is 12.3. The zero-order chi connectivity index (χ0) is 21.1. The van der Waals surface area contributed by atoms with Gasteiger partial charge in [-0.05, 0) is 68.3 Å². The molecule has 0 spiro atoms. The first-order chi connectivity index (χ1) is 13.7. The molecule has 1 heterocycles. The van der Waals surface area contributed by atoms with Crippen LogP contribution in [0.5, 0.6) is 0 Å². The number of hydrogen-bond acceptors (Lipinski definition) is 5. The van der Waals surface area contributed by atoms with Crippen molar-refractivity contribution in [3.05, 3.63) is 64.9 Å². The molecule has 0 fully saturated rings. The number of primary amides is 1. The topological polar surface area (TPSA) is 112 Å². The molecule has 0 saturated heterocycles. The van der Waals surface area contributed by atoms with Crippen molar-refractivity contribution in [2.75, 3.05) is 5.32 Å². The number of benzene rings is 2. The quantitative estimate of drug-likeness (QED) is 0.623. The molecule has 0 bridgehead atoms. The third kappa shape index (κ3) is 4.63. The third-order valence-corrected chi connectivity index (χ3v) is 4.72. The molecule has 0 aliphatic rings. The minimum Gasteiger partial charge on any atom is -0.464 e. The highest BCUT2D eigenvalue weighted by Gasteiger charge is 2.20. The number of nitrogens with two attached hydrogens (primary N) is 1. The highest BCUT2D eigenvalue weighted by molar-refractivity contribution is 5.97. The second-order valence-electron chi connectivity index (χ2n) is 6.93. The zero-order valence-electron chi connectivity index (χ0n) is 16.4. The lowest BCUT2D eigenvalue weighted by Crippen LogP contribution is -2.30. The van der Waals surface area contributed by atoms with Crippen LogP contribution < -0.4 is 11.1 Å². The molecule has 2 aromatic carbocycles. The van der Waals surface area contributed by atoms with Crippen LogP contribution in [-0.2, 0) is 20.7 Å². The summed E-state index contributed by atoms with van der Waals surface area (Å²) >= 11 is 0. The van der Waals surface area contributed by atoms with Gasteiger partial charge in [-0.2, -0.15) is 0 Å². The Morgan fingerprint density at radius 3 is 2.41 bits per heavy atom. The van der Waals surface area contributed by atoms with Gasteiger partial charge in [-0.15, -0.1) is 0 Å². The Hall–Kier alpha value is -3.61. The second kappa shape index (κ2) is 8.18. The van der Waals surface area contributed by atoms with Crippen LogP contribution >= 0.6 is 0 Å². The van der Waals surface area contributed by atoms with Crippen LogP contribution in [0.3, 0.4) is 0 Å². The molecule has 0 saturated carbocycles. The van der Waals surface area contributed by atoms with Crippen molar-refractivity contribution >= 4 is 34.4 Å². The molecule has 150 valence electrons. The van der Waals surface area contributed by atoms with E-state index in [0.29, 0.717) is 22.4 Å². The van der Waals surface area contributed by atoms with Gasteiger partial charge in [0.2, 0.25) is 5.91 Å². The summed E-state index contributed by atoms with van der Waals surface area (Å²) in [5.74, 6) is -1.56. The van der Waals surface area contributed by atoms with Crippen molar-refractivity contribution in [2.24, 2.45) is 5.73 Å². The normalized spacial score (nSPS) is 11.8. The molecular formula is C22H22N2O5. The average molecular weight is 394 g/mol. The summed E-state index contributed by atoms with van der Waals surface area (Å²) < 4.78 is 10.8. The Bertz CT molecular complexity index is 1080. The molecule has 1 atom stereocenters. The van der Waals surface area contributed by atoms with E-state index >= 15 is 0 Å². The van der Waals surface area contributed by atoms with E-state index < -0.39 is 23.9 Å².